The largest absolute Gasteiger partial charge is 0.462 e. The molecule has 0 radical (unpaired) electrons. The van der Waals surface area contributed by atoms with Crippen molar-refractivity contribution in [3.63, 3.8) is 0 Å². The summed E-state index contributed by atoms with van der Waals surface area (Å²) < 4.78 is 89.4. The highest BCUT2D eigenvalue weighted by atomic mass is 19.4. The van der Waals surface area contributed by atoms with E-state index in [9.17, 15) is 41.0 Å². The molecular formula is C31H38F6O5. The van der Waals surface area contributed by atoms with Gasteiger partial charge in [-0.2, -0.15) is 26.3 Å². The van der Waals surface area contributed by atoms with Crippen LogP contribution in [0.4, 0.5) is 26.3 Å². The van der Waals surface area contributed by atoms with Crippen LogP contribution >= 0.6 is 0 Å². The van der Waals surface area contributed by atoms with E-state index in [4.69, 9.17) is 9.47 Å². The molecule has 4 aliphatic carbocycles. The van der Waals surface area contributed by atoms with Gasteiger partial charge in [0.05, 0.1) is 0 Å². The van der Waals surface area contributed by atoms with E-state index in [1.54, 1.807) is 0 Å². The molecule has 4 saturated carbocycles. The summed E-state index contributed by atoms with van der Waals surface area (Å²) >= 11 is 0. The molecule has 0 aromatic rings. The van der Waals surface area contributed by atoms with Gasteiger partial charge in [0.15, 0.2) is 0 Å². The van der Waals surface area contributed by atoms with Crippen LogP contribution < -0.4 is 0 Å². The summed E-state index contributed by atoms with van der Waals surface area (Å²) in [4.78, 5) is 23.1. The lowest BCUT2D eigenvalue weighted by molar-refractivity contribution is -0.343. The Kier molecular flexibility index (Phi) is 8.92. The molecule has 4 fully saturated rings. The lowest BCUT2D eigenvalue weighted by Gasteiger charge is -2.45. The molecule has 0 aliphatic heterocycles. The average molecular weight is 605 g/mol. The summed E-state index contributed by atoms with van der Waals surface area (Å²) in [6.45, 7) is 4.86. The van der Waals surface area contributed by atoms with Crippen LogP contribution in [0.15, 0.2) is 23.3 Å². The third-order valence-electron chi connectivity index (χ3n) is 9.83. The van der Waals surface area contributed by atoms with Crippen molar-refractivity contribution in [2.24, 2.45) is 22.7 Å². The first kappa shape index (κ1) is 32.4. The second kappa shape index (κ2) is 11.5. The number of alkyl halides is 6. The molecule has 4 aliphatic rings. The molecule has 3 unspecified atom stereocenters. The first-order chi connectivity index (χ1) is 19.4. The van der Waals surface area contributed by atoms with Crippen molar-refractivity contribution in [2.75, 3.05) is 0 Å². The number of esters is 2. The Morgan fingerprint density at radius 1 is 0.952 bits per heavy atom. The molecule has 0 heterocycles. The molecule has 0 amide bonds. The number of ether oxygens (including phenoxy) is 2. The van der Waals surface area contributed by atoms with Crippen molar-refractivity contribution in [1.82, 2.24) is 0 Å². The molecule has 0 saturated heterocycles. The van der Waals surface area contributed by atoms with Crippen LogP contribution in [-0.4, -0.2) is 47.2 Å². The summed E-state index contributed by atoms with van der Waals surface area (Å²) in [5.74, 6) is 2.78. The lowest BCUT2D eigenvalue weighted by atomic mass is 9.59. The average Bonchev–Trinajstić information content (AvgIpc) is 3.52. The summed E-state index contributed by atoms with van der Waals surface area (Å²) in [6, 6.07) is 0. The molecule has 0 aromatic carbocycles. The van der Waals surface area contributed by atoms with Gasteiger partial charge in [-0.1, -0.05) is 36.1 Å². The molecule has 1 N–H and O–H groups in total. The lowest BCUT2D eigenvalue weighted by Crippen LogP contribution is -2.55. The smallest absolute Gasteiger partial charge is 0.438 e. The third-order valence-corrected chi connectivity index (χ3v) is 9.83. The first-order valence-corrected chi connectivity index (χ1v) is 14.5. The molecule has 5 nitrogen and oxygen atoms in total. The number of carbonyl (C=O) groups excluding carboxylic acids is 2. The summed E-state index contributed by atoms with van der Waals surface area (Å²) in [5, 5.41) is 9.44. The molecule has 0 bridgehead atoms. The van der Waals surface area contributed by atoms with Crippen LogP contribution in [0.1, 0.15) is 91.4 Å². The van der Waals surface area contributed by atoms with Gasteiger partial charge in [-0.3, -0.25) is 9.59 Å². The van der Waals surface area contributed by atoms with Crippen molar-refractivity contribution in [1.29, 1.82) is 0 Å². The number of halogens is 6. The van der Waals surface area contributed by atoms with Gasteiger partial charge in [-0.15, -0.1) is 0 Å². The molecule has 42 heavy (non-hydrogen) atoms. The van der Waals surface area contributed by atoms with Gasteiger partial charge < -0.3 is 14.6 Å². The molecule has 0 spiro atoms. The number of carbonyl (C=O) groups is 2. The van der Waals surface area contributed by atoms with Crippen molar-refractivity contribution in [3.8, 4) is 11.8 Å². The van der Waals surface area contributed by atoms with E-state index in [0.29, 0.717) is 32.1 Å². The van der Waals surface area contributed by atoms with E-state index in [1.165, 1.54) is 19.4 Å². The van der Waals surface area contributed by atoms with Crippen LogP contribution in [0, 0.1) is 34.5 Å². The fourth-order valence-electron chi connectivity index (χ4n) is 7.84. The predicted octanol–water partition coefficient (Wildman–Crippen LogP) is 7.13. The van der Waals surface area contributed by atoms with E-state index < -0.39 is 35.3 Å². The van der Waals surface area contributed by atoms with Crippen LogP contribution in [0.25, 0.3) is 0 Å². The molecule has 11 heteroatoms. The quantitative estimate of drug-likeness (QED) is 0.205. The second-order valence-electron chi connectivity index (χ2n) is 12.8. The Morgan fingerprint density at radius 3 is 2.02 bits per heavy atom. The number of hydrogen-bond donors (Lipinski definition) is 1. The third kappa shape index (κ3) is 6.53. The Labute approximate surface area is 242 Å². The first-order valence-electron chi connectivity index (χ1n) is 14.5. The van der Waals surface area contributed by atoms with Crippen LogP contribution in [0.2, 0.25) is 0 Å². The second-order valence-corrected chi connectivity index (χ2v) is 12.8. The highest BCUT2D eigenvalue weighted by Crippen LogP contribution is 2.69. The Morgan fingerprint density at radius 2 is 1.52 bits per heavy atom. The number of fused-ring (bicyclic) bond motifs is 1. The van der Waals surface area contributed by atoms with E-state index in [-0.39, 0.29) is 35.9 Å². The minimum atomic E-state index is -5.95. The van der Waals surface area contributed by atoms with E-state index >= 15 is 0 Å². The Hall–Kier alpha value is -2.48. The zero-order valence-electron chi connectivity index (χ0n) is 24.1. The van der Waals surface area contributed by atoms with Crippen molar-refractivity contribution in [2.45, 2.75) is 122 Å². The number of rotatable bonds is 5. The van der Waals surface area contributed by atoms with Gasteiger partial charge in [0.1, 0.15) is 12.2 Å². The van der Waals surface area contributed by atoms with Crippen LogP contribution in [-0.2, 0) is 19.1 Å². The topological polar surface area (TPSA) is 72.8 Å². The van der Waals surface area contributed by atoms with Gasteiger partial charge in [-0.05, 0) is 73.5 Å². The number of allylic oxidation sites excluding steroid dienone is 3. The minimum absolute atomic E-state index is 0.0990. The highest BCUT2D eigenvalue weighted by molar-refractivity contribution is 5.67. The molecule has 0 aromatic heterocycles. The maximum absolute atomic E-state index is 13.1. The van der Waals surface area contributed by atoms with Crippen molar-refractivity contribution >= 4 is 11.9 Å². The Balaban J connectivity index is 1.52. The highest BCUT2D eigenvalue weighted by Gasteiger charge is 2.70. The zero-order valence-corrected chi connectivity index (χ0v) is 24.1. The number of aliphatic hydroxyl groups is 1. The Bertz CT molecular complexity index is 1140. The summed E-state index contributed by atoms with van der Waals surface area (Å²) in [5.41, 5.74) is -3.41. The predicted molar refractivity (Wildman–Crippen MR) is 140 cm³/mol. The fraction of sp³-hybridized carbons (Fsp3) is 0.742. The van der Waals surface area contributed by atoms with Gasteiger partial charge >= 0.3 is 29.9 Å². The fourth-order valence-corrected chi connectivity index (χ4v) is 7.84. The maximum atomic E-state index is 13.1. The van der Waals surface area contributed by atoms with Crippen molar-refractivity contribution < 1.29 is 50.5 Å². The monoisotopic (exact) mass is 604 g/mol. The number of hydrogen-bond acceptors (Lipinski definition) is 5. The van der Waals surface area contributed by atoms with Gasteiger partial charge in [0.25, 0.3) is 0 Å². The minimum Gasteiger partial charge on any atom is -0.462 e. The van der Waals surface area contributed by atoms with Gasteiger partial charge in [0.2, 0.25) is 0 Å². The van der Waals surface area contributed by atoms with E-state index in [1.807, 2.05) is 6.08 Å². The SMILES string of the molecule is CC(=O)OC1CC(=C/C=C2\CCC[C@@]3(C)C2CCC3C2(CC#CC(O)(C(F)(F)F)C(F)(F)F)CC2)C[C@@H](OC(C)=O)C1. The van der Waals surface area contributed by atoms with Crippen LogP contribution in [0.3, 0.4) is 0 Å². The molecule has 234 valence electrons. The standard InChI is InChI=1S/C31H38F6O5/c1-19(38)41-23-16-21(17-24(18-23)42-20(2)39)7-8-22-6-4-11-27(3)25(22)9-10-26(27)28(14-15-28)12-5-13-29(40,30(32,33)34)31(35,36)37/h7-8,23-26,40H,4,6,9-12,14-18H2,1-3H3/b21-7?,22-8+/t23-,24?,25?,26?,27+/m1/s1. The zero-order chi connectivity index (χ0) is 31.1. The van der Waals surface area contributed by atoms with E-state index in [2.05, 4.69) is 18.9 Å². The van der Waals surface area contributed by atoms with Gasteiger partial charge in [0, 0.05) is 39.5 Å². The molecule has 5 atom stereocenters. The van der Waals surface area contributed by atoms with E-state index in [0.717, 1.165) is 43.6 Å². The molecular weight excluding hydrogens is 566 g/mol. The maximum Gasteiger partial charge on any atom is 0.438 e. The van der Waals surface area contributed by atoms with Crippen molar-refractivity contribution in [3.05, 3.63) is 23.3 Å². The van der Waals surface area contributed by atoms with Crippen LogP contribution in [0.5, 0.6) is 0 Å². The molecule has 4 rings (SSSR count). The summed E-state index contributed by atoms with van der Waals surface area (Å²) in [7, 11) is 0. The van der Waals surface area contributed by atoms with Gasteiger partial charge in [-0.25, -0.2) is 0 Å². The normalized spacial score (nSPS) is 33.0. The summed E-state index contributed by atoms with van der Waals surface area (Å²) in [6.07, 6.45) is -1.42.